The minimum atomic E-state index is -0.701. The van der Waals surface area contributed by atoms with Gasteiger partial charge in [0, 0.05) is 25.3 Å². The summed E-state index contributed by atoms with van der Waals surface area (Å²) in [5, 5.41) is 12.5. The first-order valence-corrected chi connectivity index (χ1v) is 6.61. The van der Waals surface area contributed by atoms with Crippen LogP contribution in [0, 0.1) is 11.6 Å². The highest BCUT2D eigenvalue weighted by Gasteiger charge is 2.06. The van der Waals surface area contributed by atoms with Gasteiger partial charge in [0.25, 0.3) is 0 Å². The van der Waals surface area contributed by atoms with Crippen LogP contribution in [0.25, 0.3) is 0 Å². The van der Waals surface area contributed by atoms with Gasteiger partial charge in [0.2, 0.25) is 0 Å². The summed E-state index contributed by atoms with van der Waals surface area (Å²) in [6.07, 6.45) is -0.701. The Balaban J connectivity index is 2.15. The van der Waals surface area contributed by atoms with Gasteiger partial charge in [0.05, 0.1) is 25.9 Å². The predicted molar refractivity (Wildman–Crippen MR) is 71.4 cm³/mol. The van der Waals surface area contributed by atoms with Crippen molar-refractivity contribution in [2.24, 2.45) is 0 Å². The summed E-state index contributed by atoms with van der Waals surface area (Å²) in [7, 11) is 0. The number of rotatable bonds is 10. The molecular weight excluding hydrogens is 268 g/mol. The minimum absolute atomic E-state index is 0.152. The molecule has 0 aliphatic heterocycles. The van der Waals surface area contributed by atoms with E-state index in [1.165, 1.54) is 0 Å². The molecule has 0 bridgehead atoms. The average Bonchev–Trinajstić information content (AvgIpc) is 2.42. The van der Waals surface area contributed by atoms with Gasteiger partial charge in [-0.05, 0) is 25.1 Å². The topological polar surface area (TPSA) is 50.7 Å². The van der Waals surface area contributed by atoms with E-state index in [0.29, 0.717) is 19.8 Å². The summed E-state index contributed by atoms with van der Waals surface area (Å²) in [5.41, 5.74) is 0.231. The van der Waals surface area contributed by atoms with Gasteiger partial charge >= 0.3 is 0 Å². The van der Waals surface area contributed by atoms with Gasteiger partial charge in [-0.2, -0.15) is 0 Å². The van der Waals surface area contributed by atoms with Crippen molar-refractivity contribution in [2.45, 2.75) is 19.6 Å². The second kappa shape index (κ2) is 9.77. The maximum Gasteiger partial charge on any atom is 0.127 e. The number of hydrogen-bond acceptors (Lipinski definition) is 4. The molecule has 1 aromatic carbocycles. The molecule has 0 saturated heterocycles. The predicted octanol–water partition coefficient (Wildman–Crippen LogP) is 1.47. The third kappa shape index (κ3) is 6.91. The van der Waals surface area contributed by atoms with E-state index >= 15 is 0 Å². The Morgan fingerprint density at radius 3 is 2.75 bits per heavy atom. The quantitative estimate of drug-likeness (QED) is 0.640. The van der Waals surface area contributed by atoms with Gasteiger partial charge < -0.3 is 19.9 Å². The van der Waals surface area contributed by atoms with Crippen LogP contribution >= 0.6 is 0 Å². The summed E-state index contributed by atoms with van der Waals surface area (Å²) in [5.74, 6) is -0.954. The number of nitrogens with one attached hydrogen (secondary N) is 1. The van der Waals surface area contributed by atoms with E-state index in [-0.39, 0.29) is 25.3 Å². The molecule has 4 nitrogen and oxygen atoms in total. The van der Waals surface area contributed by atoms with E-state index in [0.717, 1.165) is 18.2 Å². The molecule has 0 saturated carbocycles. The summed E-state index contributed by atoms with van der Waals surface area (Å²) in [6.45, 7) is 4.00. The Morgan fingerprint density at radius 2 is 2.00 bits per heavy atom. The smallest absolute Gasteiger partial charge is 0.127 e. The monoisotopic (exact) mass is 289 g/mol. The van der Waals surface area contributed by atoms with Crippen molar-refractivity contribution in [3.63, 3.8) is 0 Å². The Labute approximate surface area is 117 Å². The molecule has 20 heavy (non-hydrogen) atoms. The van der Waals surface area contributed by atoms with Crippen LogP contribution in [0.5, 0.6) is 0 Å². The first kappa shape index (κ1) is 17.0. The third-order valence-electron chi connectivity index (χ3n) is 2.59. The lowest BCUT2D eigenvalue weighted by atomic mass is 10.2. The second-order valence-corrected chi connectivity index (χ2v) is 4.29. The zero-order valence-electron chi connectivity index (χ0n) is 11.6. The van der Waals surface area contributed by atoms with Crippen LogP contribution in [0.4, 0.5) is 8.78 Å². The number of hydrogen-bond donors (Lipinski definition) is 2. The minimum Gasteiger partial charge on any atom is -0.389 e. The van der Waals surface area contributed by atoms with Gasteiger partial charge in [0.15, 0.2) is 0 Å². The van der Waals surface area contributed by atoms with Crippen molar-refractivity contribution >= 4 is 0 Å². The number of aliphatic hydroxyl groups is 1. The van der Waals surface area contributed by atoms with Gasteiger partial charge in [0.1, 0.15) is 11.6 Å². The van der Waals surface area contributed by atoms with Crippen LogP contribution in [-0.4, -0.2) is 44.2 Å². The van der Waals surface area contributed by atoms with Crippen molar-refractivity contribution in [2.75, 3.05) is 33.0 Å². The Morgan fingerprint density at radius 1 is 1.25 bits per heavy atom. The van der Waals surface area contributed by atoms with E-state index in [4.69, 9.17) is 9.47 Å². The molecule has 1 aromatic rings. The van der Waals surface area contributed by atoms with Crippen molar-refractivity contribution in [1.29, 1.82) is 0 Å². The Hall–Kier alpha value is -1.08. The molecule has 0 heterocycles. The van der Waals surface area contributed by atoms with Crippen LogP contribution in [-0.2, 0) is 16.0 Å². The molecule has 0 aromatic heterocycles. The SMILES string of the molecule is CCOCCOCC(O)CNCc1cc(F)ccc1F. The van der Waals surface area contributed by atoms with Crippen LogP contribution < -0.4 is 5.32 Å². The Bertz CT molecular complexity index is 391. The lowest BCUT2D eigenvalue weighted by Crippen LogP contribution is -2.30. The average molecular weight is 289 g/mol. The van der Waals surface area contributed by atoms with E-state index in [1.54, 1.807) is 0 Å². The fourth-order valence-corrected chi connectivity index (χ4v) is 1.59. The van der Waals surface area contributed by atoms with Crippen molar-refractivity contribution in [3.8, 4) is 0 Å². The molecule has 1 unspecified atom stereocenters. The molecule has 0 fully saturated rings. The summed E-state index contributed by atoms with van der Waals surface area (Å²) >= 11 is 0. The molecule has 114 valence electrons. The summed E-state index contributed by atoms with van der Waals surface area (Å²) in [6, 6.07) is 3.28. The van der Waals surface area contributed by atoms with E-state index < -0.39 is 17.7 Å². The lowest BCUT2D eigenvalue weighted by molar-refractivity contribution is 0.00641. The van der Waals surface area contributed by atoms with E-state index in [1.807, 2.05) is 6.92 Å². The summed E-state index contributed by atoms with van der Waals surface area (Å²) in [4.78, 5) is 0. The highest BCUT2D eigenvalue weighted by Crippen LogP contribution is 2.09. The maximum atomic E-state index is 13.3. The Kier molecular flexibility index (Phi) is 8.29. The summed E-state index contributed by atoms with van der Waals surface area (Å²) < 4.78 is 36.5. The fraction of sp³-hybridized carbons (Fsp3) is 0.571. The van der Waals surface area contributed by atoms with Gasteiger partial charge in [-0.3, -0.25) is 0 Å². The van der Waals surface area contributed by atoms with Crippen LogP contribution in [0.2, 0.25) is 0 Å². The van der Waals surface area contributed by atoms with Crippen molar-refractivity contribution in [3.05, 3.63) is 35.4 Å². The molecular formula is C14H21F2NO3. The zero-order valence-corrected chi connectivity index (χ0v) is 11.6. The van der Waals surface area contributed by atoms with Crippen LogP contribution in [0.15, 0.2) is 18.2 Å². The standard InChI is InChI=1S/C14H21F2NO3/c1-2-19-5-6-20-10-13(18)9-17-8-11-7-12(15)3-4-14(11)16/h3-4,7,13,17-18H,2,5-6,8-10H2,1H3. The number of benzene rings is 1. The molecule has 0 spiro atoms. The molecule has 1 atom stereocenters. The van der Waals surface area contributed by atoms with Gasteiger partial charge in [-0.25, -0.2) is 8.78 Å². The largest absolute Gasteiger partial charge is 0.389 e. The van der Waals surface area contributed by atoms with Gasteiger partial charge in [-0.1, -0.05) is 0 Å². The number of ether oxygens (including phenoxy) is 2. The maximum absolute atomic E-state index is 13.3. The van der Waals surface area contributed by atoms with Gasteiger partial charge in [-0.15, -0.1) is 0 Å². The molecule has 0 amide bonds. The van der Waals surface area contributed by atoms with E-state index in [9.17, 15) is 13.9 Å². The first-order valence-electron chi connectivity index (χ1n) is 6.61. The van der Waals surface area contributed by atoms with Crippen molar-refractivity contribution in [1.82, 2.24) is 5.32 Å². The molecule has 2 N–H and O–H groups in total. The normalized spacial score (nSPS) is 12.6. The molecule has 6 heteroatoms. The molecule has 0 aliphatic rings. The van der Waals surface area contributed by atoms with E-state index in [2.05, 4.69) is 5.32 Å². The van der Waals surface area contributed by atoms with Crippen molar-refractivity contribution < 1.29 is 23.4 Å². The number of halogens is 2. The highest BCUT2D eigenvalue weighted by molar-refractivity contribution is 5.18. The van der Waals surface area contributed by atoms with Crippen LogP contribution in [0.1, 0.15) is 12.5 Å². The lowest BCUT2D eigenvalue weighted by Gasteiger charge is -2.12. The molecule has 0 radical (unpaired) electrons. The fourth-order valence-electron chi connectivity index (χ4n) is 1.59. The third-order valence-corrected chi connectivity index (χ3v) is 2.59. The first-order chi connectivity index (χ1) is 9.63. The zero-order chi connectivity index (χ0) is 14.8. The number of aliphatic hydroxyl groups excluding tert-OH is 1. The highest BCUT2D eigenvalue weighted by atomic mass is 19.1. The molecule has 1 rings (SSSR count). The second-order valence-electron chi connectivity index (χ2n) is 4.29. The van der Waals surface area contributed by atoms with Crippen LogP contribution in [0.3, 0.4) is 0 Å². The molecule has 0 aliphatic carbocycles.